The minimum Gasteiger partial charge on any atom is -0.657 e. The molecule has 0 aromatic heterocycles. The maximum atomic E-state index is 4.90. The summed E-state index contributed by atoms with van der Waals surface area (Å²) >= 11 is 0. The van der Waals surface area contributed by atoms with Crippen LogP contribution in [0.5, 0.6) is 0 Å². The molecule has 22 heavy (non-hydrogen) atoms. The van der Waals surface area contributed by atoms with Gasteiger partial charge in [0.2, 0.25) is 0 Å². The Labute approximate surface area is 152 Å². The molecule has 0 bridgehead atoms. The first-order valence-corrected chi connectivity index (χ1v) is 7.09. The van der Waals surface area contributed by atoms with E-state index in [-0.39, 0.29) is 29.6 Å². The summed E-state index contributed by atoms with van der Waals surface area (Å²) in [6.07, 6.45) is 0. The Hall–Kier alpha value is -1.80. The average Bonchev–Trinajstić information content (AvgIpc) is 2.56. The third-order valence-electron chi connectivity index (χ3n) is 3.77. The predicted octanol–water partition coefficient (Wildman–Crippen LogP) is 3.33. The Morgan fingerprint density at radius 1 is 0.455 bits per heavy atom. The summed E-state index contributed by atoms with van der Waals surface area (Å²) in [5.41, 5.74) is 2.04. The molecule has 0 N–H and O–H groups in total. The zero-order valence-electron chi connectivity index (χ0n) is 12.5. The van der Waals surface area contributed by atoms with Gasteiger partial charge in [-0.05, 0) is 21.5 Å². The number of fused-ring (bicyclic) bond motifs is 2. The summed E-state index contributed by atoms with van der Waals surface area (Å²) < 4.78 is 0. The van der Waals surface area contributed by atoms with Crippen molar-refractivity contribution >= 4 is 32.9 Å². The smallest absolute Gasteiger partial charge is 0.657 e. The van der Waals surface area contributed by atoms with Crippen LogP contribution >= 0.6 is 0 Å². The fraction of sp³-hybridized carbons (Fsp3) is 0. The Morgan fingerprint density at radius 3 is 1.36 bits per heavy atom. The first-order chi connectivity index (χ1) is 10.4. The van der Waals surface area contributed by atoms with Gasteiger partial charge in [-0.3, -0.25) is 0 Å². The van der Waals surface area contributed by atoms with E-state index < -0.39 is 0 Å². The second kappa shape index (κ2) is 6.53. The molecule has 0 fully saturated rings. The average molecular weight is 291 g/mol. The fourth-order valence-electron chi connectivity index (χ4n) is 2.74. The number of hydrogen-bond acceptors (Lipinski definition) is 0. The van der Waals surface area contributed by atoms with E-state index in [1.54, 1.807) is 0 Å². The van der Waals surface area contributed by atoms with E-state index in [4.69, 9.17) is 5.32 Å². The van der Waals surface area contributed by atoms with Crippen molar-refractivity contribution in [3.05, 3.63) is 90.2 Å². The van der Waals surface area contributed by atoms with Gasteiger partial charge < -0.3 is 5.32 Å². The van der Waals surface area contributed by atoms with Crippen molar-refractivity contribution < 1.29 is 29.6 Å². The molecule has 100 valence electrons. The standard InChI is InChI=1S/C20H14N.Na/c1-3-11-17-15(7-1)9-5-13-19(17)21-20-14-6-10-16-8-2-4-12-18(16)20;/h1-14H;/q-1;+1. The summed E-state index contributed by atoms with van der Waals surface area (Å²) in [5, 5.41) is 9.72. The first kappa shape index (κ1) is 15.1. The van der Waals surface area contributed by atoms with Crippen molar-refractivity contribution in [3.8, 4) is 0 Å². The van der Waals surface area contributed by atoms with E-state index in [1.807, 2.05) is 0 Å². The van der Waals surface area contributed by atoms with Crippen LogP contribution in [0.1, 0.15) is 0 Å². The number of hydrogen-bond donors (Lipinski definition) is 0. The molecule has 0 unspecified atom stereocenters. The van der Waals surface area contributed by atoms with E-state index in [9.17, 15) is 0 Å². The molecular formula is C20H14NNa. The van der Waals surface area contributed by atoms with Crippen molar-refractivity contribution in [1.82, 2.24) is 0 Å². The predicted molar refractivity (Wildman–Crippen MR) is 90.6 cm³/mol. The van der Waals surface area contributed by atoms with Crippen molar-refractivity contribution in [1.29, 1.82) is 0 Å². The summed E-state index contributed by atoms with van der Waals surface area (Å²) in [6, 6.07) is 29.2. The van der Waals surface area contributed by atoms with Crippen LogP contribution in [0, 0.1) is 0 Å². The normalized spacial score (nSPS) is 10.4. The largest absolute Gasteiger partial charge is 1.00 e. The van der Waals surface area contributed by atoms with Gasteiger partial charge in [-0.1, -0.05) is 84.9 Å². The SMILES string of the molecule is [Na+].c1ccc2c([N-]c3cccc4ccccc34)cccc2c1. The van der Waals surface area contributed by atoms with Crippen LogP contribution in [0.3, 0.4) is 0 Å². The zero-order valence-corrected chi connectivity index (χ0v) is 14.5. The van der Waals surface area contributed by atoms with Gasteiger partial charge in [0.15, 0.2) is 0 Å². The quantitative estimate of drug-likeness (QED) is 0.503. The van der Waals surface area contributed by atoms with Crippen LogP contribution in [0.25, 0.3) is 26.9 Å². The van der Waals surface area contributed by atoms with E-state index in [2.05, 4.69) is 84.9 Å². The van der Waals surface area contributed by atoms with Crippen LogP contribution in [-0.4, -0.2) is 0 Å². The van der Waals surface area contributed by atoms with Gasteiger partial charge in [0.05, 0.1) is 0 Å². The number of nitrogens with zero attached hydrogens (tertiary/aromatic N) is 1. The summed E-state index contributed by atoms with van der Waals surface area (Å²) in [4.78, 5) is 0. The summed E-state index contributed by atoms with van der Waals surface area (Å²) in [7, 11) is 0. The minimum absolute atomic E-state index is 0. The van der Waals surface area contributed by atoms with Gasteiger partial charge in [0.25, 0.3) is 0 Å². The van der Waals surface area contributed by atoms with E-state index in [0.717, 1.165) is 11.4 Å². The third kappa shape index (κ3) is 2.76. The first-order valence-electron chi connectivity index (χ1n) is 7.09. The minimum atomic E-state index is 0. The van der Waals surface area contributed by atoms with Gasteiger partial charge >= 0.3 is 29.6 Å². The molecule has 0 aliphatic heterocycles. The van der Waals surface area contributed by atoms with Crippen LogP contribution in [0.2, 0.25) is 0 Å². The van der Waals surface area contributed by atoms with Crippen molar-refractivity contribution in [2.24, 2.45) is 0 Å². The zero-order chi connectivity index (χ0) is 14.1. The van der Waals surface area contributed by atoms with Crippen LogP contribution in [0.15, 0.2) is 84.9 Å². The molecular weight excluding hydrogens is 277 g/mol. The fourth-order valence-corrected chi connectivity index (χ4v) is 2.74. The molecule has 0 aliphatic carbocycles. The second-order valence-electron chi connectivity index (χ2n) is 5.11. The Bertz CT molecular complexity index is 843. The van der Waals surface area contributed by atoms with Crippen molar-refractivity contribution in [3.63, 3.8) is 0 Å². The Morgan fingerprint density at radius 2 is 0.864 bits per heavy atom. The third-order valence-corrected chi connectivity index (χ3v) is 3.77. The van der Waals surface area contributed by atoms with Gasteiger partial charge in [-0.15, -0.1) is 11.4 Å². The molecule has 4 aromatic carbocycles. The van der Waals surface area contributed by atoms with Gasteiger partial charge in [-0.2, -0.15) is 0 Å². The van der Waals surface area contributed by atoms with Crippen LogP contribution in [0.4, 0.5) is 11.4 Å². The topological polar surface area (TPSA) is 14.1 Å². The number of rotatable bonds is 2. The van der Waals surface area contributed by atoms with Gasteiger partial charge in [-0.25, -0.2) is 0 Å². The number of benzene rings is 4. The Kier molecular flexibility index (Phi) is 4.49. The molecule has 0 radical (unpaired) electrons. The van der Waals surface area contributed by atoms with E-state index in [0.29, 0.717) is 0 Å². The molecule has 0 amide bonds. The Balaban J connectivity index is 0.00000144. The van der Waals surface area contributed by atoms with Crippen LogP contribution < -0.4 is 29.6 Å². The maximum absolute atomic E-state index is 4.90. The summed E-state index contributed by atoms with van der Waals surface area (Å²) in [5.74, 6) is 0. The maximum Gasteiger partial charge on any atom is 1.00 e. The molecule has 1 nitrogen and oxygen atoms in total. The molecule has 4 rings (SSSR count). The monoisotopic (exact) mass is 291 g/mol. The molecule has 0 saturated carbocycles. The van der Waals surface area contributed by atoms with Crippen molar-refractivity contribution in [2.45, 2.75) is 0 Å². The van der Waals surface area contributed by atoms with Crippen molar-refractivity contribution in [2.75, 3.05) is 0 Å². The summed E-state index contributed by atoms with van der Waals surface area (Å²) in [6.45, 7) is 0. The molecule has 2 heteroatoms. The second-order valence-corrected chi connectivity index (χ2v) is 5.11. The van der Waals surface area contributed by atoms with Crippen LogP contribution in [-0.2, 0) is 0 Å². The van der Waals surface area contributed by atoms with E-state index in [1.165, 1.54) is 21.5 Å². The molecule has 0 saturated heterocycles. The van der Waals surface area contributed by atoms with Gasteiger partial charge in [0, 0.05) is 0 Å². The molecule has 0 heterocycles. The molecule has 0 atom stereocenters. The molecule has 4 aromatic rings. The molecule has 0 aliphatic rings. The van der Waals surface area contributed by atoms with Gasteiger partial charge in [0.1, 0.15) is 0 Å². The molecule has 0 spiro atoms. The van der Waals surface area contributed by atoms with E-state index >= 15 is 0 Å².